The van der Waals surface area contributed by atoms with Crippen LogP contribution >= 0.6 is 0 Å². The van der Waals surface area contributed by atoms with Gasteiger partial charge in [0, 0.05) is 24.5 Å². The first-order valence-corrected chi connectivity index (χ1v) is 10.3. The van der Waals surface area contributed by atoms with E-state index in [1.165, 1.54) is 12.1 Å². The molecular weight excluding hydrogens is 378 g/mol. The van der Waals surface area contributed by atoms with Gasteiger partial charge in [0.25, 0.3) is 5.91 Å². The lowest BCUT2D eigenvalue weighted by Gasteiger charge is -2.18. The number of hydrogen-bond donors (Lipinski definition) is 1. The Morgan fingerprint density at radius 2 is 1.97 bits per heavy atom. The molecule has 156 valence electrons. The summed E-state index contributed by atoms with van der Waals surface area (Å²) in [7, 11) is 0. The molecule has 0 saturated carbocycles. The number of anilines is 2. The highest BCUT2D eigenvalue weighted by molar-refractivity contribution is 6.06. The summed E-state index contributed by atoms with van der Waals surface area (Å²) in [4.78, 5) is 15.3. The highest BCUT2D eigenvalue weighted by Gasteiger charge is 2.19. The Hall–Kier alpha value is -3.28. The highest BCUT2D eigenvalue weighted by Crippen LogP contribution is 2.26. The molecule has 1 aliphatic heterocycles. The van der Waals surface area contributed by atoms with Crippen molar-refractivity contribution in [2.45, 2.75) is 33.8 Å². The second kappa shape index (κ2) is 8.61. The van der Waals surface area contributed by atoms with E-state index in [1.807, 2.05) is 38.1 Å². The maximum atomic E-state index is 12.9. The first kappa shape index (κ1) is 20.0. The van der Waals surface area contributed by atoms with E-state index in [0.717, 1.165) is 41.7 Å². The van der Waals surface area contributed by atoms with Gasteiger partial charge in [0.05, 0.1) is 16.8 Å². The van der Waals surface area contributed by atoms with E-state index < -0.39 is 0 Å². The lowest BCUT2D eigenvalue weighted by Crippen LogP contribution is -2.19. The van der Waals surface area contributed by atoms with Crippen molar-refractivity contribution in [2.75, 3.05) is 23.3 Å². The number of carbonyl (C=O) groups excluding carboxylic acids is 1. The highest BCUT2D eigenvalue weighted by atomic mass is 16.5. The van der Waals surface area contributed by atoms with Crippen molar-refractivity contribution < 1.29 is 14.1 Å². The van der Waals surface area contributed by atoms with Crippen molar-refractivity contribution in [3.63, 3.8) is 0 Å². The average molecular weight is 405 g/mol. The van der Waals surface area contributed by atoms with Gasteiger partial charge in [-0.25, -0.2) is 0 Å². The molecule has 2 aromatic carbocycles. The van der Waals surface area contributed by atoms with E-state index in [-0.39, 0.29) is 5.91 Å². The predicted molar refractivity (Wildman–Crippen MR) is 117 cm³/mol. The summed E-state index contributed by atoms with van der Waals surface area (Å²) in [5.74, 6) is 1.78. The largest absolute Gasteiger partial charge is 0.488 e. The maximum absolute atomic E-state index is 12.9. The molecule has 0 radical (unpaired) electrons. The number of nitrogens with one attached hydrogen (secondary N) is 1. The molecule has 1 amide bonds. The molecule has 6 nitrogen and oxygen atoms in total. The summed E-state index contributed by atoms with van der Waals surface area (Å²) >= 11 is 0. The van der Waals surface area contributed by atoms with Crippen molar-refractivity contribution in [2.24, 2.45) is 5.92 Å². The van der Waals surface area contributed by atoms with Crippen molar-refractivity contribution >= 4 is 17.3 Å². The molecule has 4 rings (SSSR count). The van der Waals surface area contributed by atoms with Crippen LogP contribution in [0.1, 0.15) is 40.7 Å². The number of aryl methyl sites for hydroxylation is 2. The third kappa shape index (κ3) is 4.32. The molecule has 1 N–H and O–H groups in total. The fourth-order valence-corrected chi connectivity index (χ4v) is 3.76. The molecule has 1 fully saturated rings. The number of amides is 1. The molecular formula is C24H27N3O3. The van der Waals surface area contributed by atoms with Gasteiger partial charge in [-0.2, -0.15) is 0 Å². The van der Waals surface area contributed by atoms with Crippen LogP contribution in [0.2, 0.25) is 0 Å². The lowest BCUT2D eigenvalue weighted by molar-refractivity contribution is 0.102. The van der Waals surface area contributed by atoms with Gasteiger partial charge < -0.3 is 19.5 Å². The molecule has 30 heavy (non-hydrogen) atoms. The normalized spacial score (nSPS) is 16.0. The number of benzene rings is 2. The van der Waals surface area contributed by atoms with Crippen LogP contribution in [0.3, 0.4) is 0 Å². The number of carbonyl (C=O) groups is 1. The minimum Gasteiger partial charge on any atom is -0.488 e. The molecule has 1 unspecified atom stereocenters. The molecule has 1 aromatic heterocycles. The van der Waals surface area contributed by atoms with Gasteiger partial charge in [-0.05, 0) is 62.6 Å². The Morgan fingerprint density at radius 3 is 2.63 bits per heavy atom. The average Bonchev–Trinajstić information content (AvgIpc) is 3.32. The van der Waals surface area contributed by atoms with Crippen LogP contribution in [-0.4, -0.2) is 24.2 Å². The minimum atomic E-state index is -0.202. The third-order valence-corrected chi connectivity index (χ3v) is 5.60. The summed E-state index contributed by atoms with van der Waals surface area (Å²) in [6.45, 7) is 8.47. The third-order valence-electron chi connectivity index (χ3n) is 5.60. The molecule has 1 saturated heterocycles. The molecule has 1 aliphatic rings. The zero-order chi connectivity index (χ0) is 21.1. The predicted octanol–water partition coefficient (Wildman–Crippen LogP) is 4.97. The summed E-state index contributed by atoms with van der Waals surface area (Å²) in [5.41, 5.74) is 4.14. The Labute approximate surface area is 176 Å². The van der Waals surface area contributed by atoms with Crippen molar-refractivity contribution in [3.05, 3.63) is 71.1 Å². The van der Waals surface area contributed by atoms with Gasteiger partial charge in [0.1, 0.15) is 18.1 Å². The number of hydrogen-bond acceptors (Lipinski definition) is 5. The van der Waals surface area contributed by atoms with Gasteiger partial charge in [-0.1, -0.05) is 24.2 Å². The Bertz CT molecular complexity index is 1010. The van der Waals surface area contributed by atoms with E-state index in [1.54, 1.807) is 12.1 Å². The Balaban J connectivity index is 1.43. The van der Waals surface area contributed by atoms with Crippen molar-refractivity contribution in [1.29, 1.82) is 0 Å². The molecule has 0 aliphatic carbocycles. The number of nitrogens with zero attached hydrogens (tertiary/aromatic N) is 2. The number of para-hydroxylation sites is 1. The summed E-state index contributed by atoms with van der Waals surface area (Å²) < 4.78 is 11.1. The second-order valence-electron chi connectivity index (χ2n) is 7.93. The van der Waals surface area contributed by atoms with Gasteiger partial charge >= 0.3 is 0 Å². The maximum Gasteiger partial charge on any atom is 0.259 e. The van der Waals surface area contributed by atoms with Gasteiger partial charge in [-0.3, -0.25) is 4.79 Å². The van der Waals surface area contributed by atoms with E-state index in [4.69, 9.17) is 9.26 Å². The molecule has 6 heteroatoms. The topological polar surface area (TPSA) is 67.6 Å². The van der Waals surface area contributed by atoms with Crippen molar-refractivity contribution in [1.82, 2.24) is 5.16 Å². The molecule has 2 heterocycles. The van der Waals surface area contributed by atoms with Crippen LogP contribution in [0.25, 0.3) is 0 Å². The monoisotopic (exact) mass is 405 g/mol. The summed E-state index contributed by atoms with van der Waals surface area (Å²) in [6.07, 6.45) is 1.23. The Morgan fingerprint density at radius 1 is 1.20 bits per heavy atom. The number of ether oxygens (including phenoxy) is 1. The van der Waals surface area contributed by atoms with Crippen LogP contribution in [0.4, 0.5) is 11.4 Å². The van der Waals surface area contributed by atoms with E-state index >= 15 is 0 Å². The van der Waals surface area contributed by atoms with Gasteiger partial charge in [-0.15, -0.1) is 0 Å². The van der Waals surface area contributed by atoms with Crippen LogP contribution in [-0.2, 0) is 6.61 Å². The number of aromatic nitrogens is 1. The fourth-order valence-electron chi connectivity index (χ4n) is 3.76. The van der Waals surface area contributed by atoms with Crippen LogP contribution < -0.4 is 15.0 Å². The standard InChI is InChI=1S/C24H27N3O3/c1-16-12-13-27(14-16)20-10-8-19(9-11-20)25-24(28)21-6-4-5-7-23(21)29-15-22-17(2)26-30-18(22)3/h4-11,16H,12-15H2,1-3H3,(H,25,28). The lowest BCUT2D eigenvalue weighted by atomic mass is 10.1. The smallest absolute Gasteiger partial charge is 0.259 e. The van der Waals surface area contributed by atoms with Gasteiger partial charge in [0.2, 0.25) is 0 Å². The molecule has 0 bridgehead atoms. The van der Waals surface area contributed by atoms with Crippen molar-refractivity contribution in [3.8, 4) is 5.75 Å². The molecule has 0 spiro atoms. The zero-order valence-electron chi connectivity index (χ0n) is 17.6. The van der Waals surface area contributed by atoms with E-state index in [0.29, 0.717) is 17.9 Å². The summed E-state index contributed by atoms with van der Waals surface area (Å²) in [5, 5.41) is 6.92. The van der Waals surface area contributed by atoms with Crippen LogP contribution in [0.5, 0.6) is 5.75 Å². The zero-order valence-corrected chi connectivity index (χ0v) is 17.6. The first-order valence-electron chi connectivity index (χ1n) is 10.3. The van der Waals surface area contributed by atoms with Gasteiger partial charge in [0.15, 0.2) is 0 Å². The van der Waals surface area contributed by atoms with Crippen LogP contribution in [0, 0.1) is 19.8 Å². The first-order chi connectivity index (χ1) is 14.5. The quantitative estimate of drug-likeness (QED) is 0.627. The Kier molecular flexibility index (Phi) is 5.74. The van der Waals surface area contributed by atoms with E-state index in [2.05, 4.69) is 34.4 Å². The van der Waals surface area contributed by atoms with E-state index in [9.17, 15) is 4.79 Å². The number of rotatable bonds is 6. The molecule has 1 atom stereocenters. The fraction of sp³-hybridized carbons (Fsp3) is 0.333. The minimum absolute atomic E-state index is 0.202. The SMILES string of the molecule is Cc1noc(C)c1COc1ccccc1C(=O)Nc1ccc(N2CCC(C)C2)cc1. The summed E-state index contributed by atoms with van der Waals surface area (Å²) in [6, 6.07) is 15.3. The second-order valence-corrected chi connectivity index (χ2v) is 7.93. The molecule has 3 aromatic rings. The van der Waals surface area contributed by atoms with Crippen LogP contribution in [0.15, 0.2) is 53.1 Å².